The van der Waals surface area contributed by atoms with Crippen molar-refractivity contribution in [3.05, 3.63) is 48.3 Å². The molecule has 0 fully saturated rings. The highest BCUT2D eigenvalue weighted by Crippen LogP contribution is 2.15. The molecule has 1 N–H and O–H groups in total. The van der Waals surface area contributed by atoms with Crippen molar-refractivity contribution < 1.29 is 0 Å². The molecular formula is C9H7N5. The zero-order valence-corrected chi connectivity index (χ0v) is 7.25. The van der Waals surface area contributed by atoms with Crippen molar-refractivity contribution in [3.8, 4) is 0 Å². The largest absolute Gasteiger partial charge is 0.292 e. The predicted octanol–water partition coefficient (Wildman–Crippen LogP) is 1.70. The van der Waals surface area contributed by atoms with Crippen molar-refractivity contribution in [2.45, 2.75) is 0 Å². The van der Waals surface area contributed by atoms with Crippen LogP contribution in [0.25, 0.3) is 4.85 Å². The lowest BCUT2D eigenvalue weighted by Gasteiger charge is -2.04. The van der Waals surface area contributed by atoms with Gasteiger partial charge in [-0.25, -0.2) is 9.52 Å². The smallest absolute Gasteiger partial charge is 0.187 e. The molecule has 1 aromatic heterocycles. The maximum atomic E-state index is 6.79. The predicted molar refractivity (Wildman–Crippen MR) is 51.7 cm³/mol. The Morgan fingerprint density at radius 2 is 1.79 bits per heavy atom. The summed E-state index contributed by atoms with van der Waals surface area (Å²) in [6, 6.07) is 7.15. The molecule has 0 aliphatic rings. The van der Waals surface area contributed by atoms with Gasteiger partial charge in [-0.3, -0.25) is 5.43 Å². The van der Waals surface area contributed by atoms with Crippen LogP contribution in [0, 0.1) is 6.57 Å². The molecule has 0 amide bonds. The van der Waals surface area contributed by atoms with Crippen molar-refractivity contribution >= 4 is 11.4 Å². The molecule has 5 nitrogen and oxygen atoms in total. The second kappa shape index (κ2) is 3.58. The molecule has 2 aromatic rings. The van der Waals surface area contributed by atoms with E-state index in [2.05, 4.69) is 20.5 Å². The van der Waals surface area contributed by atoms with Crippen LogP contribution in [0.3, 0.4) is 0 Å². The Balaban J connectivity index is 2.15. The lowest BCUT2D eigenvalue weighted by Crippen LogP contribution is -2.05. The first-order valence-electron chi connectivity index (χ1n) is 3.97. The van der Waals surface area contributed by atoms with Crippen LogP contribution in [-0.4, -0.2) is 14.9 Å². The Morgan fingerprint density at radius 1 is 1.14 bits per heavy atom. The SMILES string of the molecule is [C-]#[N+]c1ccc(Nn2cnnc2)cc1. The molecule has 0 atom stereocenters. The van der Waals surface area contributed by atoms with Crippen LogP contribution >= 0.6 is 0 Å². The van der Waals surface area contributed by atoms with Gasteiger partial charge >= 0.3 is 0 Å². The van der Waals surface area contributed by atoms with E-state index >= 15 is 0 Å². The quantitative estimate of drug-likeness (QED) is 0.724. The van der Waals surface area contributed by atoms with E-state index in [1.807, 2.05) is 12.1 Å². The third-order valence-corrected chi connectivity index (χ3v) is 1.67. The molecule has 5 heteroatoms. The summed E-state index contributed by atoms with van der Waals surface area (Å²) in [6.07, 6.45) is 3.12. The average molecular weight is 185 g/mol. The molecule has 0 aliphatic carbocycles. The fourth-order valence-corrected chi connectivity index (χ4v) is 1.02. The monoisotopic (exact) mass is 185 g/mol. The molecule has 0 bridgehead atoms. The third-order valence-electron chi connectivity index (χ3n) is 1.67. The van der Waals surface area contributed by atoms with Crippen LogP contribution < -0.4 is 5.43 Å². The normalized spacial score (nSPS) is 9.36. The third kappa shape index (κ3) is 1.69. The van der Waals surface area contributed by atoms with Crippen LogP contribution in [-0.2, 0) is 0 Å². The average Bonchev–Trinajstić information content (AvgIpc) is 2.72. The van der Waals surface area contributed by atoms with Gasteiger partial charge < -0.3 is 0 Å². The molecule has 14 heavy (non-hydrogen) atoms. The Hall–Kier alpha value is -2.35. The van der Waals surface area contributed by atoms with Gasteiger partial charge in [0.2, 0.25) is 0 Å². The number of benzene rings is 1. The van der Waals surface area contributed by atoms with Crippen LogP contribution in [0.1, 0.15) is 0 Å². The molecule has 0 saturated heterocycles. The number of rotatable bonds is 2. The Morgan fingerprint density at radius 3 is 2.36 bits per heavy atom. The van der Waals surface area contributed by atoms with E-state index in [4.69, 9.17) is 6.57 Å². The van der Waals surface area contributed by atoms with Crippen LogP contribution in [0.15, 0.2) is 36.9 Å². The van der Waals surface area contributed by atoms with E-state index in [9.17, 15) is 0 Å². The van der Waals surface area contributed by atoms with Gasteiger partial charge in [0.25, 0.3) is 0 Å². The number of hydrogen-bond donors (Lipinski definition) is 1. The molecule has 0 unspecified atom stereocenters. The summed E-state index contributed by atoms with van der Waals surface area (Å²) in [7, 11) is 0. The van der Waals surface area contributed by atoms with Crippen molar-refractivity contribution in [2.75, 3.05) is 5.43 Å². The topological polar surface area (TPSA) is 47.1 Å². The first-order chi connectivity index (χ1) is 6.88. The molecule has 2 rings (SSSR count). The number of nitrogens with one attached hydrogen (secondary N) is 1. The highest BCUT2D eigenvalue weighted by atomic mass is 15.5. The molecule has 1 heterocycles. The summed E-state index contributed by atoms with van der Waals surface area (Å²) in [6.45, 7) is 6.79. The highest BCUT2D eigenvalue weighted by Gasteiger charge is 1.93. The van der Waals surface area contributed by atoms with Crippen LogP contribution in [0.5, 0.6) is 0 Å². The number of nitrogens with zero attached hydrogens (tertiary/aromatic N) is 4. The summed E-state index contributed by atoms with van der Waals surface area (Å²) in [5, 5.41) is 7.31. The number of aromatic nitrogens is 3. The second-order valence-electron chi connectivity index (χ2n) is 2.64. The van der Waals surface area contributed by atoms with E-state index < -0.39 is 0 Å². The first-order valence-corrected chi connectivity index (χ1v) is 3.97. The standard InChI is InChI=1S/C9H7N5/c1-10-8-2-4-9(5-3-8)13-14-6-11-12-7-14/h2-7,13H. The van der Waals surface area contributed by atoms with Gasteiger partial charge in [-0.15, -0.1) is 10.2 Å². The van der Waals surface area contributed by atoms with Crippen LogP contribution in [0.2, 0.25) is 0 Å². The summed E-state index contributed by atoms with van der Waals surface area (Å²) in [5.74, 6) is 0. The van der Waals surface area contributed by atoms with Gasteiger partial charge in [0.1, 0.15) is 12.7 Å². The lowest BCUT2D eigenvalue weighted by atomic mass is 10.3. The molecule has 0 aliphatic heterocycles. The summed E-state index contributed by atoms with van der Waals surface area (Å²) < 4.78 is 1.63. The Kier molecular flexibility index (Phi) is 2.11. The Labute approximate surface area is 80.8 Å². The van der Waals surface area contributed by atoms with Gasteiger partial charge in [0.15, 0.2) is 5.69 Å². The van der Waals surface area contributed by atoms with Gasteiger partial charge in [0, 0.05) is 0 Å². The van der Waals surface area contributed by atoms with Crippen molar-refractivity contribution in [3.63, 3.8) is 0 Å². The maximum Gasteiger partial charge on any atom is 0.187 e. The molecule has 1 aromatic carbocycles. The molecule has 0 radical (unpaired) electrons. The van der Waals surface area contributed by atoms with E-state index in [1.165, 1.54) is 0 Å². The lowest BCUT2D eigenvalue weighted by molar-refractivity contribution is 0.952. The van der Waals surface area contributed by atoms with Crippen molar-refractivity contribution in [1.82, 2.24) is 14.9 Å². The van der Waals surface area contributed by atoms with E-state index in [0.29, 0.717) is 5.69 Å². The molecular weight excluding hydrogens is 178 g/mol. The van der Waals surface area contributed by atoms with E-state index in [-0.39, 0.29) is 0 Å². The second-order valence-corrected chi connectivity index (χ2v) is 2.64. The summed E-state index contributed by atoms with van der Waals surface area (Å²) >= 11 is 0. The minimum Gasteiger partial charge on any atom is -0.292 e. The zero-order chi connectivity index (χ0) is 9.80. The van der Waals surface area contributed by atoms with Crippen molar-refractivity contribution in [2.24, 2.45) is 0 Å². The maximum absolute atomic E-state index is 6.79. The van der Waals surface area contributed by atoms with E-state index in [1.54, 1.807) is 29.5 Å². The first kappa shape index (κ1) is 8.26. The van der Waals surface area contributed by atoms with Gasteiger partial charge in [-0.05, 0) is 12.1 Å². The zero-order valence-electron chi connectivity index (χ0n) is 7.25. The van der Waals surface area contributed by atoms with E-state index in [0.717, 1.165) is 5.69 Å². The number of hydrogen-bond acceptors (Lipinski definition) is 3. The molecule has 0 spiro atoms. The fraction of sp³-hybridized carbons (Fsp3) is 0. The summed E-state index contributed by atoms with van der Waals surface area (Å²) in [4.78, 5) is 3.30. The van der Waals surface area contributed by atoms with Gasteiger partial charge in [-0.1, -0.05) is 12.1 Å². The molecule has 68 valence electrons. The number of anilines is 1. The minimum atomic E-state index is 0.624. The fourth-order valence-electron chi connectivity index (χ4n) is 1.02. The van der Waals surface area contributed by atoms with Gasteiger partial charge in [0.05, 0.1) is 12.3 Å². The molecule has 0 saturated carbocycles. The minimum absolute atomic E-state index is 0.624. The van der Waals surface area contributed by atoms with Gasteiger partial charge in [-0.2, -0.15) is 0 Å². The highest BCUT2D eigenvalue weighted by molar-refractivity contribution is 5.53. The van der Waals surface area contributed by atoms with Crippen molar-refractivity contribution in [1.29, 1.82) is 0 Å². The Bertz CT molecular complexity index is 437. The summed E-state index contributed by atoms with van der Waals surface area (Å²) in [5.41, 5.74) is 4.53. The van der Waals surface area contributed by atoms with Crippen LogP contribution in [0.4, 0.5) is 11.4 Å².